The van der Waals surface area contributed by atoms with Gasteiger partial charge in [-0.25, -0.2) is 17.2 Å². The Morgan fingerprint density at radius 2 is 1.69 bits per heavy atom. The van der Waals surface area contributed by atoms with Gasteiger partial charge in [-0.05, 0) is 12.1 Å². The summed E-state index contributed by atoms with van der Waals surface area (Å²) in [4.78, 5) is 0. The smallest absolute Gasteiger partial charge is 0.212 e. The van der Waals surface area contributed by atoms with Crippen molar-refractivity contribution in [3.05, 3.63) is 35.4 Å². The average Bonchev–Trinajstić information content (AvgIpc) is 1.95. The summed E-state index contributed by atoms with van der Waals surface area (Å²) in [5, 5.41) is 0. The van der Waals surface area contributed by atoms with Crippen LogP contribution in [0.5, 0.6) is 0 Å². The minimum atomic E-state index is -3.93. The van der Waals surface area contributed by atoms with Crippen molar-refractivity contribution in [3.63, 3.8) is 0 Å². The molecule has 0 aliphatic heterocycles. The summed E-state index contributed by atoms with van der Waals surface area (Å²) in [6, 6.07) is 3.09. The highest BCUT2D eigenvalue weighted by Crippen LogP contribution is 2.16. The first-order chi connectivity index (χ1) is 5.90. The van der Waals surface area contributed by atoms with Gasteiger partial charge in [0.15, 0.2) is 0 Å². The molecule has 0 fully saturated rings. The summed E-state index contributed by atoms with van der Waals surface area (Å²) in [5.41, 5.74) is -0.530. The van der Waals surface area contributed by atoms with Crippen LogP contribution in [0.15, 0.2) is 18.2 Å². The van der Waals surface area contributed by atoms with Gasteiger partial charge in [0.25, 0.3) is 0 Å². The lowest BCUT2D eigenvalue weighted by Crippen LogP contribution is -2.01. The van der Waals surface area contributed by atoms with Crippen LogP contribution in [-0.4, -0.2) is 8.42 Å². The van der Waals surface area contributed by atoms with E-state index in [2.05, 4.69) is 0 Å². The van der Waals surface area contributed by atoms with E-state index < -0.39 is 32.0 Å². The molecule has 0 saturated carbocycles. The Hall–Kier alpha value is -0.680. The van der Waals surface area contributed by atoms with Crippen molar-refractivity contribution in [1.29, 1.82) is 0 Å². The molecule has 1 rings (SSSR count). The molecule has 72 valence electrons. The molecule has 0 unspecified atom stereocenters. The van der Waals surface area contributed by atoms with Gasteiger partial charge >= 0.3 is 0 Å². The number of halogens is 3. The lowest BCUT2D eigenvalue weighted by molar-refractivity contribution is 0.559. The van der Waals surface area contributed by atoms with Gasteiger partial charge in [0.1, 0.15) is 11.6 Å². The Kier molecular flexibility index (Phi) is 2.87. The minimum absolute atomic E-state index is 0.530. The van der Waals surface area contributed by atoms with Gasteiger partial charge in [-0.1, -0.05) is 6.07 Å². The predicted molar refractivity (Wildman–Crippen MR) is 44.8 cm³/mol. The standard InChI is InChI=1S/C7H5ClF2O2S/c8-13(11,12)4-5-6(9)2-1-3-7(5)10/h1-3H,4H2. The molecule has 0 aliphatic carbocycles. The van der Waals surface area contributed by atoms with E-state index in [1.165, 1.54) is 0 Å². The first-order valence-corrected chi connectivity index (χ1v) is 5.73. The molecule has 0 N–H and O–H groups in total. The van der Waals surface area contributed by atoms with Crippen molar-refractivity contribution in [2.24, 2.45) is 0 Å². The fraction of sp³-hybridized carbons (Fsp3) is 0.143. The summed E-state index contributed by atoms with van der Waals surface area (Å²) in [7, 11) is 0.921. The van der Waals surface area contributed by atoms with E-state index in [0.717, 1.165) is 18.2 Å². The Labute approximate surface area is 78.6 Å². The molecule has 0 amide bonds. The normalized spacial score (nSPS) is 11.6. The lowest BCUT2D eigenvalue weighted by atomic mass is 10.2. The van der Waals surface area contributed by atoms with Gasteiger partial charge in [-0.15, -0.1) is 0 Å². The molecule has 0 heterocycles. The fourth-order valence-electron chi connectivity index (χ4n) is 0.843. The van der Waals surface area contributed by atoms with E-state index >= 15 is 0 Å². The number of rotatable bonds is 2. The van der Waals surface area contributed by atoms with Crippen molar-refractivity contribution >= 4 is 19.7 Å². The molecule has 0 saturated heterocycles. The summed E-state index contributed by atoms with van der Waals surface area (Å²) in [5.74, 6) is -2.67. The van der Waals surface area contributed by atoms with Crippen LogP contribution in [-0.2, 0) is 14.8 Å². The van der Waals surface area contributed by atoms with Crippen LogP contribution in [0.25, 0.3) is 0 Å². The molecule has 0 bridgehead atoms. The molecule has 2 nitrogen and oxygen atoms in total. The molecule has 0 atom stereocenters. The van der Waals surface area contributed by atoms with E-state index in [1.54, 1.807) is 0 Å². The zero-order chi connectivity index (χ0) is 10.1. The van der Waals surface area contributed by atoms with Crippen LogP contribution in [0.2, 0.25) is 0 Å². The first kappa shape index (κ1) is 10.4. The maximum absolute atomic E-state index is 12.8. The first-order valence-electron chi connectivity index (χ1n) is 3.25. The van der Waals surface area contributed by atoms with Crippen LogP contribution < -0.4 is 0 Å². The SMILES string of the molecule is O=S(=O)(Cl)Cc1c(F)cccc1F. The Balaban J connectivity index is 3.15. The zero-order valence-electron chi connectivity index (χ0n) is 6.30. The van der Waals surface area contributed by atoms with Crippen molar-refractivity contribution in [1.82, 2.24) is 0 Å². The molecule has 0 spiro atoms. The van der Waals surface area contributed by atoms with Gasteiger partial charge in [0.2, 0.25) is 9.05 Å². The summed E-state index contributed by atoms with van der Waals surface area (Å²) in [6.07, 6.45) is 0. The molecular weight excluding hydrogens is 222 g/mol. The molecule has 1 aromatic rings. The monoisotopic (exact) mass is 226 g/mol. The van der Waals surface area contributed by atoms with Gasteiger partial charge in [0, 0.05) is 16.2 Å². The lowest BCUT2D eigenvalue weighted by Gasteiger charge is -2.00. The molecule has 1 aromatic carbocycles. The van der Waals surface area contributed by atoms with Crippen LogP contribution in [0.4, 0.5) is 8.78 Å². The van der Waals surface area contributed by atoms with Gasteiger partial charge in [0.05, 0.1) is 5.75 Å². The molecule has 6 heteroatoms. The number of hydrogen-bond donors (Lipinski definition) is 0. The highest BCUT2D eigenvalue weighted by molar-refractivity contribution is 8.13. The van der Waals surface area contributed by atoms with E-state index in [0.29, 0.717) is 0 Å². The minimum Gasteiger partial charge on any atom is -0.212 e. The maximum Gasteiger partial charge on any atom is 0.236 e. The molecule has 13 heavy (non-hydrogen) atoms. The van der Waals surface area contributed by atoms with Crippen LogP contribution in [0, 0.1) is 11.6 Å². The van der Waals surface area contributed by atoms with E-state index in [4.69, 9.17) is 10.7 Å². The largest absolute Gasteiger partial charge is 0.236 e. The summed E-state index contributed by atoms with van der Waals surface area (Å²) < 4.78 is 46.7. The van der Waals surface area contributed by atoms with Gasteiger partial charge < -0.3 is 0 Å². The second-order valence-electron chi connectivity index (χ2n) is 2.38. The maximum atomic E-state index is 12.8. The Morgan fingerprint density at radius 3 is 2.08 bits per heavy atom. The highest BCUT2D eigenvalue weighted by atomic mass is 35.7. The average molecular weight is 227 g/mol. The summed E-state index contributed by atoms with van der Waals surface area (Å²) >= 11 is 0. The van der Waals surface area contributed by atoms with E-state index in [1.807, 2.05) is 0 Å². The Morgan fingerprint density at radius 1 is 1.23 bits per heavy atom. The molecular formula is C7H5ClF2O2S. The number of hydrogen-bond acceptors (Lipinski definition) is 2. The third-order valence-corrected chi connectivity index (χ3v) is 2.34. The Bertz CT molecular complexity index is 396. The predicted octanol–water partition coefficient (Wildman–Crippen LogP) is 2.03. The zero-order valence-corrected chi connectivity index (χ0v) is 7.87. The van der Waals surface area contributed by atoms with Crippen molar-refractivity contribution in [2.75, 3.05) is 0 Å². The van der Waals surface area contributed by atoms with Crippen molar-refractivity contribution in [2.45, 2.75) is 5.75 Å². The topological polar surface area (TPSA) is 34.1 Å². The summed E-state index contributed by atoms with van der Waals surface area (Å²) in [6.45, 7) is 0. The number of benzene rings is 1. The van der Waals surface area contributed by atoms with Crippen molar-refractivity contribution < 1.29 is 17.2 Å². The third kappa shape index (κ3) is 2.93. The third-order valence-electron chi connectivity index (χ3n) is 1.38. The van der Waals surface area contributed by atoms with Crippen LogP contribution in [0.1, 0.15) is 5.56 Å². The fourth-order valence-corrected chi connectivity index (χ4v) is 1.79. The van der Waals surface area contributed by atoms with Crippen molar-refractivity contribution in [3.8, 4) is 0 Å². The van der Waals surface area contributed by atoms with Gasteiger partial charge in [-0.3, -0.25) is 0 Å². The van der Waals surface area contributed by atoms with E-state index in [-0.39, 0.29) is 0 Å². The highest BCUT2D eigenvalue weighted by Gasteiger charge is 2.15. The second-order valence-corrected chi connectivity index (χ2v) is 5.16. The quantitative estimate of drug-likeness (QED) is 0.724. The van der Waals surface area contributed by atoms with Crippen LogP contribution >= 0.6 is 10.7 Å². The molecule has 0 aromatic heterocycles. The van der Waals surface area contributed by atoms with Gasteiger partial charge in [-0.2, -0.15) is 0 Å². The molecule has 0 radical (unpaired) electrons. The van der Waals surface area contributed by atoms with Crippen LogP contribution in [0.3, 0.4) is 0 Å². The van der Waals surface area contributed by atoms with E-state index in [9.17, 15) is 17.2 Å². The molecule has 0 aliphatic rings. The second kappa shape index (κ2) is 3.59.